The highest BCUT2D eigenvalue weighted by Crippen LogP contribution is 2.24. The molecule has 0 aliphatic rings. The lowest BCUT2D eigenvalue weighted by atomic mass is 10.2. The number of ether oxygens (including phenoxy) is 1. The van der Waals surface area contributed by atoms with Gasteiger partial charge < -0.3 is 19.9 Å². The number of amides is 1. The average molecular weight is 416 g/mol. The molecule has 0 radical (unpaired) electrons. The maximum absolute atomic E-state index is 14.4. The van der Waals surface area contributed by atoms with E-state index in [1.54, 1.807) is 40.3 Å². The number of likely N-dealkylation sites (N-methyl/N-ethyl adjacent to an activating group) is 2. The van der Waals surface area contributed by atoms with Crippen LogP contribution in [0.25, 0.3) is 0 Å². The predicted molar refractivity (Wildman–Crippen MR) is 116 cm³/mol. The Morgan fingerprint density at radius 2 is 2.00 bits per heavy atom. The van der Waals surface area contributed by atoms with Gasteiger partial charge in [-0.05, 0) is 50.6 Å². The lowest BCUT2D eigenvalue weighted by Gasteiger charge is -2.25. The fourth-order valence-electron chi connectivity index (χ4n) is 2.85. The quantitative estimate of drug-likeness (QED) is 0.503. The number of benzene rings is 1. The molecule has 0 aliphatic carbocycles. The van der Waals surface area contributed by atoms with Crippen molar-refractivity contribution < 1.29 is 13.9 Å². The predicted octanol–water partition coefficient (Wildman–Crippen LogP) is 3.28. The van der Waals surface area contributed by atoms with E-state index in [-0.39, 0.29) is 24.7 Å². The topological polar surface area (TPSA) is 70.1 Å². The van der Waals surface area contributed by atoms with Crippen molar-refractivity contribution in [1.29, 1.82) is 0 Å². The fourth-order valence-corrected chi connectivity index (χ4v) is 2.85. The third-order valence-electron chi connectivity index (χ3n) is 4.45. The molecule has 1 N–H and O–H groups in total. The van der Waals surface area contributed by atoms with Crippen LogP contribution < -0.4 is 10.1 Å². The maximum atomic E-state index is 14.4. The first kappa shape index (κ1) is 23.1. The van der Waals surface area contributed by atoms with Crippen molar-refractivity contribution >= 4 is 11.9 Å². The molecular formula is C22H30FN5O2. The van der Waals surface area contributed by atoms with Gasteiger partial charge in [-0.1, -0.05) is 6.07 Å². The molecule has 0 bridgehead atoms. The molecule has 2 aromatic rings. The number of aliphatic imine (C=N–C) groups is 1. The van der Waals surface area contributed by atoms with Gasteiger partial charge in [0.25, 0.3) is 0 Å². The summed E-state index contributed by atoms with van der Waals surface area (Å²) in [6, 6.07) is 8.18. The third-order valence-corrected chi connectivity index (χ3v) is 4.45. The Balaban J connectivity index is 2.06. The van der Waals surface area contributed by atoms with Crippen molar-refractivity contribution in [3.05, 3.63) is 54.1 Å². The van der Waals surface area contributed by atoms with Gasteiger partial charge in [0.2, 0.25) is 5.91 Å². The number of aromatic nitrogens is 1. The fraction of sp³-hybridized carbons (Fsp3) is 0.409. The van der Waals surface area contributed by atoms with E-state index in [2.05, 4.69) is 15.3 Å². The molecule has 0 spiro atoms. The van der Waals surface area contributed by atoms with Crippen LogP contribution >= 0.6 is 0 Å². The number of rotatable bonds is 9. The summed E-state index contributed by atoms with van der Waals surface area (Å²) >= 11 is 0. The summed E-state index contributed by atoms with van der Waals surface area (Å²) in [6.45, 7) is 8.37. The summed E-state index contributed by atoms with van der Waals surface area (Å²) in [6.07, 6.45) is 3.15. The normalized spacial score (nSPS) is 11.2. The minimum absolute atomic E-state index is 0.0380. The van der Waals surface area contributed by atoms with Crippen LogP contribution in [0.2, 0.25) is 0 Å². The maximum Gasteiger partial charge on any atom is 0.242 e. The first-order chi connectivity index (χ1) is 14.5. The van der Waals surface area contributed by atoms with Crippen LogP contribution in [-0.4, -0.2) is 59.9 Å². The van der Waals surface area contributed by atoms with Crippen molar-refractivity contribution in [2.24, 2.45) is 4.99 Å². The zero-order chi connectivity index (χ0) is 21.9. The molecule has 2 rings (SSSR count). The monoisotopic (exact) mass is 415 g/mol. The van der Waals surface area contributed by atoms with E-state index in [1.807, 2.05) is 27.8 Å². The van der Waals surface area contributed by atoms with Gasteiger partial charge in [0.15, 0.2) is 17.5 Å². The second-order valence-electron chi connectivity index (χ2n) is 6.65. The van der Waals surface area contributed by atoms with Crippen LogP contribution in [0.5, 0.6) is 11.5 Å². The number of halogens is 1. The summed E-state index contributed by atoms with van der Waals surface area (Å²) in [5, 5.41) is 3.17. The molecule has 0 saturated heterocycles. The van der Waals surface area contributed by atoms with E-state index < -0.39 is 5.82 Å². The molecule has 0 aliphatic heterocycles. The van der Waals surface area contributed by atoms with E-state index in [4.69, 9.17) is 4.74 Å². The molecule has 1 aromatic heterocycles. The number of pyridine rings is 1. The van der Waals surface area contributed by atoms with Crippen molar-refractivity contribution in [2.45, 2.75) is 27.3 Å². The summed E-state index contributed by atoms with van der Waals surface area (Å²) in [5.41, 5.74) is 0.699. The minimum atomic E-state index is -0.471. The number of carbonyl (C=O) groups excluding carboxylic acids is 1. The first-order valence-corrected chi connectivity index (χ1v) is 10.1. The molecule has 0 fully saturated rings. The second-order valence-corrected chi connectivity index (χ2v) is 6.65. The van der Waals surface area contributed by atoms with Crippen LogP contribution in [0, 0.1) is 5.82 Å². The van der Waals surface area contributed by atoms with Gasteiger partial charge in [-0.2, -0.15) is 0 Å². The van der Waals surface area contributed by atoms with Crippen LogP contribution in [0.1, 0.15) is 26.3 Å². The minimum Gasteiger partial charge on any atom is -0.453 e. The van der Waals surface area contributed by atoms with Gasteiger partial charge in [-0.25, -0.2) is 9.38 Å². The lowest BCUT2D eigenvalue weighted by molar-refractivity contribution is -0.131. The lowest BCUT2D eigenvalue weighted by Crippen LogP contribution is -2.45. The number of guanidine groups is 1. The third kappa shape index (κ3) is 6.72. The second kappa shape index (κ2) is 11.7. The van der Waals surface area contributed by atoms with Gasteiger partial charge in [-0.15, -0.1) is 0 Å². The van der Waals surface area contributed by atoms with E-state index in [0.717, 1.165) is 0 Å². The van der Waals surface area contributed by atoms with E-state index >= 15 is 0 Å². The van der Waals surface area contributed by atoms with Crippen LogP contribution in [-0.2, 0) is 11.3 Å². The van der Waals surface area contributed by atoms with E-state index in [9.17, 15) is 9.18 Å². The van der Waals surface area contributed by atoms with Crippen molar-refractivity contribution in [3.8, 4) is 11.5 Å². The van der Waals surface area contributed by atoms with E-state index in [0.29, 0.717) is 36.9 Å². The van der Waals surface area contributed by atoms with Gasteiger partial charge >= 0.3 is 0 Å². The standard InChI is InChI=1S/C22H30FN5O2/c1-5-25-22(27(4)16-21(29)28(6-2)7-3)26-14-17-10-11-20(19(23)13-17)30-18-9-8-12-24-15-18/h8-13,15H,5-7,14,16H2,1-4H3,(H,25,26). The Labute approximate surface area is 177 Å². The summed E-state index contributed by atoms with van der Waals surface area (Å²) in [7, 11) is 1.81. The Hall–Kier alpha value is -3.16. The molecule has 1 amide bonds. The van der Waals surface area contributed by atoms with Gasteiger partial charge in [0.1, 0.15) is 5.75 Å². The number of hydrogen-bond acceptors (Lipinski definition) is 4. The molecule has 1 aromatic carbocycles. The van der Waals surface area contributed by atoms with Crippen LogP contribution in [0.4, 0.5) is 4.39 Å². The van der Waals surface area contributed by atoms with Crippen molar-refractivity contribution in [3.63, 3.8) is 0 Å². The van der Waals surface area contributed by atoms with Crippen LogP contribution in [0.3, 0.4) is 0 Å². The Morgan fingerprint density at radius 1 is 1.23 bits per heavy atom. The van der Waals surface area contributed by atoms with Gasteiger partial charge in [-0.3, -0.25) is 9.78 Å². The summed E-state index contributed by atoms with van der Waals surface area (Å²) in [4.78, 5) is 24.4. The molecule has 7 nitrogen and oxygen atoms in total. The number of nitrogens with one attached hydrogen (secondary N) is 1. The average Bonchev–Trinajstić information content (AvgIpc) is 2.74. The van der Waals surface area contributed by atoms with E-state index in [1.165, 1.54) is 12.3 Å². The van der Waals surface area contributed by atoms with Crippen LogP contribution in [0.15, 0.2) is 47.7 Å². The van der Waals surface area contributed by atoms with Crippen molar-refractivity contribution in [1.82, 2.24) is 20.1 Å². The molecule has 162 valence electrons. The molecule has 30 heavy (non-hydrogen) atoms. The first-order valence-electron chi connectivity index (χ1n) is 10.1. The van der Waals surface area contributed by atoms with Crippen molar-refractivity contribution in [2.75, 3.05) is 33.2 Å². The smallest absolute Gasteiger partial charge is 0.242 e. The summed E-state index contributed by atoms with van der Waals surface area (Å²) < 4.78 is 20.0. The molecule has 0 saturated carbocycles. The molecule has 1 heterocycles. The molecular weight excluding hydrogens is 385 g/mol. The molecule has 0 atom stereocenters. The number of nitrogens with zero attached hydrogens (tertiary/aromatic N) is 4. The SMILES string of the molecule is CCNC(=NCc1ccc(Oc2cccnc2)c(F)c1)N(C)CC(=O)N(CC)CC. The number of hydrogen-bond donors (Lipinski definition) is 1. The largest absolute Gasteiger partial charge is 0.453 e. The van der Waals surface area contributed by atoms with Gasteiger partial charge in [0.05, 0.1) is 19.3 Å². The Kier molecular flexibility index (Phi) is 9.05. The Morgan fingerprint density at radius 3 is 2.60 bits per heavy atom. The Bertz CT molecular complexity index is 841. The number of carbonyl (C=O) groups is 1. The highest BCUT2D eigenvalue weighted by atomic mass is 19.1. The van der Waals surface area contributed by atoms with Gasteiger partial charge in [0, 0.05) is 32.9 Å². The zero-order valence-electron chi connectivity index (χ0n) is 18.1. The highest BCUT2D eigenvalue weighted by molar-refractivity contribution is 5.86. The molecule has 8 heteroatoms. The highest BCUT2D eigenvalue weighted by Gasteiger charge is 2.15. The summed E-state index contributed by atoms with van der Waals surface area (Å²) in [5.74, 6) is 0.757. The zero-order valence-corrected chi connectivity index (χ0v) is 18.1. The molecule has 0 unspecified atom stereocenters.